The third-order valence-electron chi connectivity index (χ3n) is 2.98. The highest BCUT2D eigenvalue weighted by Gasteiger charge is 2.14. The summed E-state index contributed by atoms with van der Waals surface area (Å²) in [4.78, 5) is 0. The summed E-state index contributed by atoms with van der Waals surface area (Å²) in [5.41, 5.74) is 1.27. The molecule has 1 N–H and O–H groups in total. The number of aliphatic hydroxyl groups excluding tert-OH is 1. The van der Waals surface area contributed by atoms with Gasteiger partial charge in [0.2, 0.25) is 0 Å². The Balaban J connectivity index is 2.07. The van der Waals surface area contributed by atoms with Crippen molar-refractivity contribution < 1.29 is 19.0 Å². The van der Waals surface area contributed by atoms with Gasteiger partial charge in [-0.1, -0.05) is 24.3 Å². The van der Waals surface area contributed by atoms with Crippen LogP contribution in [0.1, 0.15) is 17.2 Å². The predicted octanol–water partition coefficient (Wildman–Crippen LogP) is 3.26. The number of hydrogen-bond donors (Lipinski definition) is 1. The van der Waals surface area contributed by atoms with E-state index in [-0.39, 0.29) is 12.2 Å². The van der Waals surface area contributed by atoms with Gasteiger partial charge < -0.3 is 14.6 Å². The third kappa shape index (κ3) is 3.27. The Hall–Kier alpha value is -2.07. The summed E-state index contributed by atoms with van der Waals surface area (Å²) >= 11 is 0. The molecule has 0 heterocycles. The fourth-order valence-electron chi connectivity index (χ4n) is 1.90. The molecule has 0 amide bonds. The van der Waals surface area contributed by atoms with Gasteiger partial charge in [-0.25, -0.2) is 4.39 Å². The largest absolute Gasteiger partial charge is 0.493 e. The molecule has 1 atom stereocenters. The van der Waals surface area contributed by atoms with Crippen LogP contribution in [0.3, 0.4) is 0 Å². The quantitative estimate of drug-likeness (QED) is 0.911. The molecule has 0 aliphatic rings. The van der Waals surface area contributed by atoms with Crippen molar-refractivity contribution in [3.05, 3.63) is 59.4 Å². The van der Waals surface area contributed by atoms with Gasteiger partial charge in [0.25, 0.3) is 0 Å². The second kappa shape index (κ2) is 6.39. The average Bonchev–Trinajstić information content (AvgIpc) is 2.46. The highest BCUT2D eigenvalue weighted by molar-refractivity contribution is 5.42. The first kappa shape index (κ1) is 14.3. The molecule has 0 bridgehead atoms. The van der Waals surface area contributed by atoms with Crippen molar-refractivity contribution in [1.29, 1.82) is 0 Å². The van der Waals surface area contributed by atoms with E-state index in [1.165, 1.54) is 12.1 Å². The Labute approximate surface area is 117 Å². The highest BCUT2D eigenvalue weighted by Crippen LogP contribution is 2.29. The van der Waals surface area contributed by atoms with Crippen LogP contribution in [0, 0.1) is 12.7 Å². The number of rotatable bonds is 5. The molecule has 0 aliphatic heterocycles. The predicted molar refractivity (Wildman–Crippen MR) is 74.6 cm³/mol. The molecule has 0 saturated carbocycles. The summed E-state index contributed by atoms with van der Waals surface area (Å²) in [5, 5.41) is 9.98. The molecule has 20 heavy (non-hydrogen) atoms. The second-order valence-electron chi connectivity index (χ2n) is 4.50. The summed E-state index contributed by atoms with van der Waals surface area (Å²) in [6.45, 7) is 1.90. The molecule has 3 nitrogen and oxygen atoms in total. The number of halogens is 1. The van der Waals surface area contributed by atoms with Gasteiger partial charge in [0.15, 0.2) is 11.5 Å². The molecule has 1 unspecified atom stereocenters. The summed E-state index contributed by atoms with van der Waals surface area (Å²) in [6, 6.07) is 11.6. The van der Waals surface area contributed by atoms with E-state index in [0.717, 1.165) is 5.56 Å². The van der Waals surface area contributed by atoms with Gasteiger partial charge in [-0.05, 0) is 30.7 Å². The van der Waals surface area contributed by atoms with E-state index in [1.54, 1.807) is 25.3 Å². The van der Waals surface area contributed by atoms with Crippen LogP contribution in [-0.4, -0.2) is 18.8 Å². The number of aliphatic hydroxyl groups is 1. The summed E-state index contributed by atoms with van der Waals surface area (Å²) in [7, 11) is 1.55. The molecule has 2 rings (SSSR count). The van der Waals surface area contributed by atoms with Gasteiger partial charge in [-0.3, -0.25) is 0 Å². The first-order valence-electron chi connectivity index (χ1n) is 6.31. The molecule has 2 aromatic rings. The van der Waals surface area contributed by atoms with Crippen LogP contribution in [-0.2, 0) is 0 Å². The van der Waals surface area contributed by atoms with Crippen LogP contribution in [0.2, 0.25) is 0 Å². The minimum absolute atomic E-state index is 0.0413. The van der Waals surface area contributed by atoms with Crippen LogP contribution >= 0.6 is 0 Å². The Morgan fingerprint density at radius 3 is 2.60 bits per heavy atom. The van der Waals surface area contributed by atoms with Crippen LogP contribution in [0.25, 0.3) is 0 Å². The molecule has 0 spiro atoms. The molecular formula is C16H17FO3. The number of ether oxygens (including phenoxy) is 2. The van der Waals surface area contributed by atoms with E-state index < -0.39 is 11.9 Å². The monoisotopic (exact) mass is 276 g/mol. The zero-order valence-electron chi connectivity index (χ0n) is 11.5. The molecular weight excluding hydrogens is 259 g/mol. The van der Waals surface area contributed by atoms with Crippen molar-refractivity contribution in [2.45, 2.75) is 13.0 Å². The van der Waals surface area contributed by atoms with E-state index >= 15 is 0 Å². The zero-order valence-corrected chi connectivity index (χ0v) is 11.5. The van der Waals surface area contributed by atoms with Crippen LogP contribution < -0.4 is 9.47 Å². The topological polar surface area (TPSA) is 38.7 Å². The van der Waals surface area contributed by atoms with Gasteiger partial charge in [-0.15, -0.1) is 0 Å². The van der Waals surface area contributed by atoms with E-state index in [1.807, 2.05) is 19.1 Å². The number of methoxy groups -OCH3 is 1. The average molecular weight is 276 g/mol. The fourth-order valence-corrected chi connectivity index (χ4v) is 1.90. The minimum atomic E-state index is -1.03. The fraction of sp³-hybridized carbons (Fsp3) is 0.250. The Morgan fingerprint density at radius 2 is 1.90 bits per heavy atom. The summed E-state index contributed by atoms with van der Waals surface area (Å²) < 4.78 is 24.2. The number of hydrogen-bond acceptors (Lipinski definition) is 3. The van der Waals surface area contributed by atoms with Crippen LogP contribution in [0.5, 0.6) is 11.5 Å². The van der Waals surface area contributed by atoms with E-state index in [4.69, 9.17) is 9.47 Å². The molecule has 4 heteroatoms. The summed E-state index contributed by atoms with van der Waals surface area (Å²) in [6.07, 6.45) is -1.03. The smallest absolute Gasteiger partial charge is 0.161 e. The maximum atomic E-state index is 13.5. The van der Waals surface area contributed by atoms with E-state index in [9.17, 15) is 9.50 Å². The maximum absolute atomic E-state index is 13.5. The highest BCUT2D eigenvalue weighted by atomic mass is 19.1. The van der Waals surface area contributed by atoms with Crippen molar-refractivity contribution in [2.24, 2.45) is 0 Å². The molecule has 0 fully saturated rings. The standard InChI is InChI=1S/C16H17FO3/c1-11-7-8-15(16(9-11)19-2)20-10-14(18)12-5-3-4-6-13(12)17/h3-9,14,18H,10H2,1-2H3. The lowest BCUT2D eigenvalue weighted by Gasteiger charge is -2.15. The lowest BCUT2D eigenvalue weighted by molar-refractivity contribution is 0.103. The first-order chi connectivity index (χ1) is 9.61. The van der Waals surface area contributed by atoms with Crippen molar-refractivity contribution >= 4 is 0 Å². The van der Waals surface area contributed by atoms with Crippen molar-refractivity contribution in [3.63, 3.8) is 0 Å². The molecule has 0 aliphatic carbocycles. The maximum Gasteiger partial charge on any atom is 0.161 e. The molecule has 106 valence electrons. The number of aryl methyl sites for hydroxylation is 1. The second-order valence-corrected chi connectivity index (χ2v) is 4.50. The van der Waals surface area contributed by atoms with E-state index in [0.29, 0.717) is 11.5 Å². The SMILES string of the molecule is COc1cc(C)ccc1OCC(O)c1ccccc1F. The summed E-state index contributed by atoms with van der Waals surface area (Å²) in [5.74, 6) is 0.665. The molecule has 0 radical (unpaired) electrons. The first-order valence-corrected chi connectivity index (χ1v) is 6.31. The van der Waals surface area contributed by atoms with Crippen LogP contribution in [0.4, 0.5) is 4.39 Å². The van der Waals surface area contributed by atoms with Gasteiger partial charge in [0.05, 0.1) is 7.11 Å². The van der Waals surface area contributed by atoms with Gasteiger partial charge in [0, 0.05) is 5.56 Å². The Kier molecular flexibility index (Phi) is 4.58. The van der Waals surface area contributed by atoms with Crippen molar-refractivity contribution in [1.82, 2.24) is 0 Å². The van der Waals surface area contributed by atoms with Gasteiger partial charge >= 0.3 is 0 Å². The third-order valence-corrected chi connectivity index (χ3v) is 2.98. The van der Waals surface area contributed by atoms with Crippen molar-refractivity contribution in [3.8, 4) is 11.5 Å². The zero-order chi connectivity index (χ0) is 14.5. The lowest BCUT2D eigenvalue weighted by atomic mass is 10.1. The molecule has 0 aromatic heterocycles. The number of benzene rings is 2. The Bertz CT molecular complexity index is 584. The van der Waals surface area contributed by atoms with E-state index in [2.05, 4.69) is 0 Å². The van der Waals surface area contributed by atoms with Crippen molar-refractivity contribution in [2.75, 3.05) is 13.7 Å². The van der Waals surface area contributed by atoms with Gasteiger partial charge in [-0.2, -0.15) is 0 Å². The lowest BCUT2D eigenvalue weighted by Crippen LogP contribution is -2.11. The Morgan fingerprint density at radius 1 is 1.15 bits per heavy atom. The molecule has 2 aromatic carbocycles. The minimum Gasteiger partial charge on any atom is -0.493 e. The van der Waals surface area contributed by atoms with Gasteiger partial charge in [0.1, 0.15) is 18.5 Å². The molecule has 0 saturated heterocycles. The van der Waals surface area contributed by atoms with Crippen LogP contribution in [0.15, 0.2) is 42.5 Å². The normalized spacial score (nSPS) is 12.0.